The summed E-state index contributed by atoms with van der Waals surface area (Å²) in [4.78, 5) is 0. The van der Waals surface area contributed by atoms with E-state index in [0.29, 0.717) is 5.92 Å². The molecule has 1 nitrogen and oxygen atoms in total. The fourth-order valence-corrected chi connectivity index (χ4v) is 5.16. The first-order chi connectivity index (χ1) is 9.99. The van der Waals surface area contributed by atoms with E-state index in [0.717, 1.165) is 6.42 Å². The standard InChI is InChI=1S/C20H26N/c1-5-19(3)17-9-7-6-8-16(17)11-18-14(2)10-15-12-20(19,4)21(18)13-15/h6-9,13-14H,5,10-12H2,1-4H3/q+1. The Hall–Kier alpha value is -1.37. The number of hydrogen-bond donors (Lipinski definition) is 0. The molecule has 1 aromatic rings. The average Bonchev–Trinajstić information content (AvgIpc) is 2.73. The van der Waals surface area contributed by atoms with E-state index < -0.39 is 0 Å². The van der Waals surface area contributed by atoms with E-state index in [1.807, 2.05) is 0 Å². The van der Waals surface area contributed by atoms with Crippen LogP contribution in [0.25, 0.3) is 0 Å². The Labute approximate surface area is 128 Å². The van der Waals surface area contributed by atoms with Crippen molar-refractivity contribution in [2.24, 2.45) is 5.92 Å². The lowest BCUT2D eigenvalue weighted by molar-refractivity contribution is -0.551. The Morgan fingerprint density at radius 3 is 2.76 bits per heavy atom. The summed E-state index contributed by atoms with van der Waals surface area (Å²) >= 11 is 0. The van der Waals surface area contributed by atoms with Crippen LogP contribution in [0.15, 0.2) is 36.0 Å². The lowest BCUT2D eigenvalue weighted by atomic mass is 9.63. The van der Waals surface area contributed by atoms with E-state index in [1.54, 1.807) is 22.4 Å². The summed E-state index contributed by atoms with van der Waals surface area (Å²) in [6.07, 6.45) is 7.31. The SMILES string of the molecule is CCC1(C)c2ccccc2CC2=[N+]3C=C(CC2C)CC31C. The lowest BCUT2D eigenvalue weighted by Crippen LogP contribution is -2.52. The zero-order valence-corrected chi connectivity index (χ0v) is 13.7. The number of hydrogen-bond acceptors (Lipinski definition) is 0. The predicted octanol–water partition coefficient (Wildman–Crippen LogP) is 4.45. The second kappa shape index (κ2) is 4.09. The molecule has 0 fully saturated rings. The third-order valence-electron chi connectivity index (χ3n) is 6.74. The van der Waals surface area contributed by atoms with Crippen molar-refractivity contribution in [3.05, 3.63) is 47.2 Å². The largest absolute Gasteiger partial charge is 0.199 e. The smallest absolute Gasteiger partial charge is 0.178 e. The van der Waals surface area contributed by atoms with Crippen molar-refractivity contribution in [2.75, 3.05) is 0 Å². The first-order valence-electron chi connectivity index (χ1n) is 8.42. The van der Waals surface area contributed by atoms with E-state index in [4.69, 9.17) is 0 Å². The molecule has 0 aromatic heterocycles. The predicted molar refractivity (Wildman–Crippen MR) is 87.9 cm³/mol. The molecule has 3 atom stereocenters. The summed E-state index contributed by atoms with van der Waals surface area (Å²) in [6.45, 7) is 9.78. The van der Waals surface area contributed by atoms with Crippen LogP contribution >= 0.6 is 0 Å². The molecular weight excluding hydrogens is 254 g/mol. The Morgan fingerprint density at radius 2 is 2.00 bits per heavy atom. The minimum atomic E-state index is 0.212. The van der Waals surface area contributed by atoms with Crippen molar-refractivity contribution in [3.63, 3.8) is 0 Å². The van der Waals surface area contributed by atoms with Gasteiger partial charge in [-0.1, -0.05) is 38.1 Å². The molecule has 0 radical (unpaired) electrons. The van der Waals surface area contributed by atoms with Gasteiger partial charge in [-0.15, -0.1) is 0 Å². The van der Waals surface area contributed by atoms with Crippen LogP contribution in [-0.4, -0.2) is 15.8 Å². The van der Waals surface area contributed by atoms with Gasteiger partial charge in [-0.05, 0) is 30.9 Å². The molecule has 21 heavy (non-hydrogen) atoms. The van der Waals surface area contributed by atoms with Crippen LogP contribution < -0.4 is 0 Å². The van der Waals surface area contributed by atoms with Crippen molar-refractivity contribution in [2.45, 2.75) is 64.3 Å². The monoisotopic (exact) mass is 280 g/mol. The van der Waals surface area contributed by atoms with Crippen LogP contribution in [-0.2, 0) is 11.8 Å². The van der Waals surface area contributed by atoms with Crippen LogP contribution in [0.5, 0.6) is 0 Å². The summed E-state index contributed by atoms with van der Waals surface area (Å²) in [5, 5.41) is 0. The van der Waals surface area contributed by atoms with Gasteiger partial charge in [0.05, 0.1) is 11.8 Å². The minimum Gasteiger partial charge on any atom is -0.199 e. The van der Waals surface area contributed by atoms with Crippen LogP contribution in [0.2, 0.25) is 0 Å². The second-order valence-corrected chi connectivity index (χ2v) is 7.72. The fraction of sp³-hybridized carbons (Fsp3) is 0.550. The molecule has 0 saturated heterocycles. The molecule has 3 aliphatic heterocycles. The molecule has 0 amide bonds. The maximum atomic E-state index is 2.68. The van der Waals surface area contributed by atoms with Crippen LogP contribution in [0, 0.1) is 5.92 Å². The lowest BCUT2D eigenvalue weighted by Gasteiger charge is -2.40. The van der Waals surface area contributed by atoms with Gasteiger partial charge < -0.3 is 0 Å². The van der Waals surface area contributed by atoms with Gasteiger partial charge in [0.15, 0.2) is 17.5 Å². The van der Waals surface area contributed by atoms with E-state index in [2.05, 4.69) is 62.7 Å². The van der Waals surface area contributed by atoms with Gasteiger partial charge >= 0.3 is 0 Å². The van der Waals surface area contributed by atoms with Crippen LogP contribution in [0.1, 0.15) is 58.1 Å². The highest BCUT2D eigenvalue weighted by Gasteiger charge is 2.60. The van der Waals surface area contributed by atoms with Gasteiger partial charge in [0.25, 0.3) is 0 Å². The average molecular weight is 280 g/mol. The van der Waals surface area contributed by atoms with Crippen molar-refractivity contribution in [1.29, 1.82) is 0 Å². The zero-order chi connectivity index (χ0) is 14.8. The Kier molecular flexibility index (Phi) is 2.59. The fourth-order valence-electron chi connectivity index (χ4n) is 5.16. The number of nitrogens with zero attached hydrogens (tertiary/aromatic N) is 1. The summed E-state index contributed by atoms with van der Waals surface area (Å²) < 4.78 is 2.68. The van der Waals surface area contributed by atoms with Gasteiger partial charge in [-0.3, -0.25) is 0 Å². The quantitative estimate of drug-likeness (QED) is 0.669. The molecule has 0 aliphatic carbocycles. The molecule has 3 aliphatic rings. The molecular formula is C20H26N+. The first kappa shape index (κ1) is 13.3. The zero-order valence-electron chi connectivity index (χ0n) is 13.7. The molecule has 1 heteroatoms. The second-order valence-electron chi connectivity index (χ2n) is 7.72. The van der Waals surface area contributed by atoms with Crippen molar-refractivity contribution in [3.8, 4) is 0 Å². The highest BCUT2D eigenvalue weighted by Crippen LogP contribution is 2.52. The number of fused-ring (bicyclic) bond motifs is 1. The highest BCUT2D eigenvalue weighted by atomic mass is 15.1. The van der Waals surface area contributed by atoms with E-state index in [9.17, 15) is 0 Å². The Bertz CT molecular complexity index is 681. The topological polar surface area (TPSA) is 3.01 Å². The maximum absolute atomic E-state index is 2.68. The molecule has 3 unspecified atom stereocenters. The summed E-state index contributed by atoms with van der Waals surface area (Å²) in [5.41, 5.74) is 6.86. The molecule has 1 aromatic carbocycles. The minimum absolute atomic E-state index is 0.212. The Morgan fingerprint density at radius 1 is 1.24 bits per heavy atom. The van der Waals surface area contributed by atoms with Gasteiger partial charge in [-0.2, -0.15) is 4.58 Å². The van der Waals surface area contributed by atoms with Crippen LogP contribution in [0.3, 0.4) is 0 Å². The summed E-state index contributed by atoms with van der Waals surface area (Å²) in [6, 6.07) is 9.18. The van der Waals surface area contributed by atoms with Crippen molar-refractivity contribution >= 4 is 5.71 Å². The maximum Gasteiger partial charge on any atom is 0.178 e. The molecule has 4 rings (SSSR count). The van der Waals surface area contributed by atoms with Gasteiger partial charge in [-0.25, -0.2) is 0 Å². The molecule has 0 N–H and O–H groups in total. The van der Waals surface area contributed by atoms with Gasteiger partial charge in [0, 0.05) is 24.8 Å². The molecule has 110 valence electrons. The van der Waals surface area contributed by atoms with Crippen molar-refractivity contribution in [1.82, 2.24) is 0 Å². The summed E-state index contributed by atoms with van der Waals surface area (Å²) in [7, 11) is 0. The molecule has 2 bridgehead atoms. The van der Waals surface area contributed by atoms with E-state index in [1.165, 1.54) is 19.3 Å². The number of rotatable bonds is 1. The highest BCUT2D eigenvalue weighted by molar-refractivity contribution is 5.86. The first-order valence-corrected chi connectivity index (χ1v) is 8.42. The molecule has 3 heterocycles. The summed E-state index contributed by atoms with van der Waals surface area (Å²) in [5.74, 6) is 0.694. The van der Waals surface area contributed by atoms with Gasteiger partial charge in [0.2, 0.25) is 0 Å². The normalized spacial score (nSPS) is 37.1. The van der Waals surface area contributed by atoms with E-state index >= 15 is 0 Å². The van der Waals surface area contributed by atoms with E-state index in [-0.39, 0.29) is 11.0 Å². The van der Waals surface area contributed by atoms with Crippen molar-refractivity contribution < 1.29 is 4.58 Å². The molecule has 0 spiro atoms. The third-order valence-corrected chi connectivity index (χ3v) is 6.74. The van der Waals surface area contributed by atoms with Gasteiger partial charge in [0.1, 0.15) is 0 Å². The Balaban J connectivity index is 2.04. The number of benzene rings is 1. The van der Waals surface area contributed by atoms with Crippen LogP contribution in [0.4, 0.5) is 0 Å². The third kappa shape index (κ3) is 1.50. The molecule has 0 saturated carbocycles.